The quantitative estimate of drug-likeness (QED) is 0.740. The van der Waals surface area contributed by atoms with Gasteiger partial charge < -0.3 is 24.5 Å². The lowest BCUT2D eigenvalue weighted by atomic mass is 9.90. The van der Waals surface area contributed by atoms with Crippen molar-refractivity contribution < 1.29 is 23.5 Å². The fourth-order valence-electron chi connectivity index (χ4n) is 3.56. The molecule has 1 heterocycles. The average Bonchev–Trinajstić information content (AvgIpc) is 2.66. The molecule has 1 fully saturated rings. The summed E-state index contributed by atoms with van der Waals surface area (Å²) >= 11 is 0. The maximum atomic E-state index is 12.8. The SMILES string of the molecule is COc1ccc2cc(C(=O)N[C@@H]3CCCC[C@@H]3NC(=O)OC(C)(C)C)c(=O)oc2c1. The Morgan fingerprint density at radius 2 is 1.73 bits per heavy atom. The van der Waals surface area contributed by atoms with Crippen molar-refractivity contribution in [2.75, 3.05) is 7.11 Å². The third kappa shape index (κ3) is 5.31. The minimum atomic E-state index is -0.722. The van der Waals surface area contributed by atoms with Crippen molar-refractivity contribution in [1.82, 2.24) is 10.6 Å². The summed E-state index contributed by atoms with van der Waals surface area (Å²) in [6.07, 6.45) is 2.75. The largest absolute Gasteiger partial charge is 0.497 e. The number of fused-ring (bicyclic) bond motifs is 1. The van der Waals surface area contributed by atoms with E-state index in [2.05, 4.69) is 10.6 Å². The molecule has 0 spiro atoms. The van der Waals surface area contributed by atoms with Crippen LogP contribution in [0.5, 0.6) is 5.75 Å². The Morgan fingerprint density at radius 1 is 1.07 bits per heavy atom. The van der Waals surface area contributed by atoms with Crippen LogP contribution < -0.4 is 21.0 Å². The Labute approximate surface area is 174 Å². The summed E-state index contributed by atoms with van der Waals surface area (Å²) in [4.78, 5) is 37.4. The van der Waals surface area contributed by atoms with Crippen LogP contribution in [0.15, 0.2) is 33.5 Å². The van der Waals surface area contributed by atoms with Crippen molar-refractivity contribution in [2.45, 2.75) is 64.1 Å². The Morgan fingerprint density at radius 3 is 2.37 bits per heavy atom. The zero-order valence-electron chi connectivity index (χ0n) is 17.7. The molecule has 30 heavy (non-hydrogen) atoms. The van der Waals surface area contributed by atoms with Crippen molar-refractivity contribution in [3.05, 3.63) is 40.2 Å². The van der Waals surface area contributed by atoms with Gasteiger partial charge in [-0.15, -0.1) is 0 Å². The predicted molar refractivity (Wildman–Crippen MR) is 112 cm³/mol. The summed E-state index contributed by atoms with van der Waals surface area (Å²) in [6, 6.07) is 5.99. The second kappa shape index (κ2) is 8.77. The van der Waals surface area contributed by atoms with E-state index < -0.39 is 23.2 Å². The van der Waals surface area contributed by atoms with E-state index >= 15 is 0 Å². The Hall–Kier alpha value is -3.03. The number of carbonyl (C=O) groups is 2. The minimum Gasteiger partial charge on any atom is -0.497 e. The van der Waals surface area contributed by atoms with E-state index in [9.17, 15) is 14.4 Å². The van der Waals surface area contributed by atoms with E-state index in [-0.39, 0.29) is 17.6 Å². The Balaban J connectivity index is 1.75. The van der Waals surface area contributed by atoms with Gasteiger partial charge in [-0.25, -0.2) is 9.59 Å². The van der Waals surface area contributed by atoms with Crippen molar-refractivity contribution in [3.63, 3.8) is 0 Å². The van der Waals surface area contributed by atoms with Gasteiger partial charge in [0.15, 0.2) is 0 Å². The summed E-state index contributed by atoms with van der Waals surface area (Å²) < 4.78 is 15.8. The molecule has 2 atom stereocenters. The molecule has 0 saturated heterocycles. The molecule has 8 nitrogen and oxygen atoms in total. The molecule has 2 N–H and O–H groups in total. The number of alkyl carbamates (subject to hydrolysis) is 1. The molecule has 0 bridgehead atoms. The fraction of sp³-hybridized carbons (Fsp3) is 0.500. The molecule has 2 aromatic rings. The highest BCUT2D eigenvalue weighted by molar-refractivity contribution is 5.97. The number of hydrogen-bond acceptors (Lipinski definition) is 6. The van der Waals surface area contributed by atoms with Gasteiger partial charge in [-0.2, -0.15) is 0 Å². The summed E-state index contributed by atoms with van der Waals surface area (Å²) in [6.45, 7) is 5.38. The molecule has 0 aliphatic heterocycles. The second-order valence-electron chi connectivity index (χ2n) is 8.47. The zero-order chi connectivity index (χ0) is 21.9. The number of hydrogen-bond donors (Lipinski definition) is 2. The number of ether oxygens (including phenoxy) is 2. The maximum absolute atomic E-state index is 12.8. The molecule has 3 rings (SSSR count). The first kappa shape index (κ1) is 21.7. The van der Waals surface area contributed by atoms with Crippen LogP contribution in [0.3, 0.4) is 0 Å². The van der Waals surface area contributed by atoms with E-state index in [1.807, 2.05) is 0 Å². The number of carbonyl (C=O) groups excluding carboxylic acids is 2. The molecule has 1 aromatic heterocycles. The number of nitrogens with one attached hydrogen (secondary N) is 2. The Kier molecular flexibility index (Phi) is 6.34. The van der Waals surface area contributed by atoms with Crippen molar-refractivity contribution in [1.29, 1.82) is 0 Å². The summed E-state index contributed by atoms with van der Waals surface area (Å²) in [5, 5.41) is 6.35. The molecule has 0 radical (unpaired) electrons. The first-order valence-corrected chi connectivity index (χ1v) is 10.1. The van der Waals surface area contributed by atoms with Crippen molar-refractivity contribution >= 4 is 23.0 Å². The fourth-order valence-corrected chi connectivity index (χ4v) is 3.56. The third-order valence-electron chi connectivity index (χ3n) is 4.97. The van der Waals surface area contributed by atoms with Gasteiger partial charge in [-0.05, 0) is 51.8 Å². The zero-order valence-corrected chi connectivity index (χ0v) is 17.7. The first-order chi connectivity index (χ1) is 14.2. The van der Waals surface area contributed by atoms with Crippen LogP contribution in [0, 0.1) is 0 Å². The van der Waals surface area contributed by atoms with E-state index in [4.69, 9.17) is 13.9 Å². The molecule has 0 unspecified atom stereocenters. The van der Waals surface area contributed by atoms with Crippen LogP contribution in [0.2, 0.25) is 0 Å². The molecular formula is C22H28N2O6. The molecule has 8 heteroatoms. The van der Waals surface area contributed by atoms with Crippen molar-refractivity contribution in [3.8, 4) is 5.75 Å². The molecule has 2 amide bonds. The van der Waals surface area contributed by atoms with Gasteiger partial charge in [-0.1, -0.05) is 12.8 Å². The molecule has 1 aliphatic rings. The average molecular weight is 416 g/mol. The van der Waals surface area contributed by atoms with E-state index in [0.29, 0.717) is 23.1 Å². The van der Waals surface area contributed by atoms with Crippen LogP contribution in [0.1, 0.15) is 56.8 Å². The van der Waals surface area contributed by atoms with Gasteiger partial charge in [0.2, 0.25) is 0 Å². The molecule has 1 saturated carbocycles. The smallest absolute Gasteiger partial charge is 0.407 e. The lowest BCUT2D eigenvalue weighted by Crippen LogP contribution is -2.54. The molecule has 1 aromatic carbocycles. The minimum absolute atomic E-state index is 0.0748. The van der Waals surface area contributed by atoms with Gasteiger partial charge in [0.05, 0.1) is 13.2 Å². The lowest BCUT2D eigenvalue weighted by molar-refractivity contribution is 0.0474. The van der Waals surface area contributed by atoms with E-state index in [1.165, 1.54) is 13.2 Å². The first-order valence-electron chi connectivity index (χ1n) is 10.1. The predicted octanol–water partition coefficient (Wildman–Crippen LogP) is 3.37. The van der Waals surface area contributed by atoms with Gasteiger partial charge in [0.1, 0.15) is 22.5 Å². The molecular weight excluding hydrogens is 388 g/mol. The number of benzene rings is 1. The van der Waals surface area contributed by atoms with Crippen molar-refractivity contribution in [2.24, 2.45) is 0 Å². The molecule has 1 aliphatic carbocycles. The topological polar surface area (TPSA) is 107 Å². The number of amides is 2. The lowest BCUT2D eigenvalue weighted by Gasteiger charge is -2.33. The number of methoxy groups -OCH3 is 1. The van der Waals surface area contributed by atoms with E-state index in [1.54, 1.807) is 39.0 Å². The highest BCUT2D eigenvalue weighted by atomic mass is 16.6. The van der Waals surface area contributed by atoms with Crippen LogP contribution in [-0.4, -0.2) is 36.8 Å². The Bertz CT molecular complexity index is 991. The van der Waals surface area contributed by atoms with Crippen LogP contribution in [0.25, 0.3) is 11.0 Å². The third-order valence-corrected chi connectivity index (χ3v) is 4.97. The van der Waals surface area contributed by atoms with Crippen LogP contribution >= 0.6 is 0 Å². The summed E-state index contributed by atoms with van der Waals surface area (Å²) in [5.41, 5.74) is -1.06. The van der Waals surface area contributed by atoms with Gasteiger partial charge in [0.25, 0.3) is 5.91 Å². The van der Waals surface area contributed by atoms with E-state index in [0.717, 1.165) is 19.3 Å². The highest BCUT2D eigenvalue weighted by Gasteiger charge is 2.30. The van der Waals surface area contributed by atoms with Crippen LogP contribution in [-0.2, 0) is 4.74 Å². The van der Waals surface area contributed by atoms with Gasteiger partial charge in [0, 0.05) is 17.5 Å². The maximum Gasteiger partial charge on any atom is 0.407 e. The summed E-state index contributed by atoms with van der Waals surface area (Å²) in [7, 11) is 1.52. The molecule has 162 valence electrons. The van der Waals surface area contributed by atoms with Gasteiger partial charge in [-0.3, -0.25) is 4.79 Å². The second-order valence-corrected chi connectivity index (χ2v) is 8.47. The van der Waals surface area contributed by atoms with Crippen LogP contribution in [0.4, 0.5) is 4.79 Å². The van der Waals surface area contributed by atoms with Gasteiger partial charge >= 0.3 is 11.7 Å². The standard InChI is InChI=1S/C22H28N2O6/c1-22(2,3)30-21(27)24-17-8-6-5-7-16(17)23-19(25)15-11-13-9-10-14(28-4)12-18(13)29-20(15)26/h9-12,16-17H,5-8H2,1-4H3,(H,23,25)(H,24,27)/t16-,17+/m1/s1. The summed E-state index contributed by atoms with van der Waals surface area (Å²) in [5.74, 6) is 0.0328. The number of rotatable bonds is 4. The normalized spacial score (nSPS) is 19.2. The highest BCUT2D eigenvalue weighted by Crippen LogP contribution is 2.22. The monoisotopic (exact) mass is 416 g/mol.